The van der Waals surface area contributed by atoms with E-state index in [1.165, 1.54) is 0 Å². The highest BCUT2D eigenvalue weighted by atomic mass is 35.5. The van der Waals surface area contributed by atoms with Crippen molar-refractivity contribution in [3.8, 4) is 6.07 Å². The molecular formula is C23H19Cl2N3OS. The molecule has 0 spiro atoms. The first-order valence-electron chi connectivity index (χ1n) is 9.18. The number of nitrogens with zero attached hydrogens (tertiary/aromatic N) is 3. The van der Waals surface area contributed by atoms with Gasteiger partial charge in [-0.05, 0) is 35.9 Å². The largest absolute Gasteiger partial charge is 1.00 e. The van der Waals surface area contributed by atoms with Crippen molar-refractivity contribution in [3.05, 3.63) is 82.0 Å². The Balaban J connectivity index is 0.00000256. The van der Waals surface area contributed by atoms with Crippen molar-refractivity contribution in [2.24, 2.45) is 0 Å². The number of halogens is 2. The van der Waals surface area contributed by atoms with Crippen LogP contribution in [0.1, 0.15) is 5.56 Å². The molecule has 1 aliphatic heterocycles. The number of aromatic nitrogens is 1. The molecule has 1 aliphatic rings. The van der Waals surface area contributed by atoms with Crippen LogP contribution in [0.15, 0.2) is 76.3 Å². The van der Waals surface area contributed by atoms with Gasteiger partial charge in [-0.1, -0.05) is 41.6 Å². The average Bonchev–Trinajstić information content (AvgIpc) is 3.05. The Morgan fingerprint density at radius 2 is 2.07 bits per heavy atom. The summed E-state index contributed by atoms with van der Waals surface area (Å²) in [5, 5.41) is 21.7. The number of fused-ring (bicyclic) bond motifs is 2. The lowest BCUT2D eigenvalue weighted by molar-refractivity contribution is -0.672. The third-order valence-corrected chi connectivity index (χ3v) is 6.34. The number of aliphatic hydroxyl groups excluding tert-OH is 1. The molecule has 152 valence electrons. The minimum absolute atomic E-state index is 0. The van der Waals surface area contributed by atoms with Gasteiger partial charge >= 0.3 is 0 Å². The minimum atomic E-state index is 0. The summed E-state index contributed by atoms with van der Waals surface area (Å²) in [4.78, 5) is 3.07. The predicted octanol–water partition coefficient (Wildman–Crippen LogP) is 1.77. The molecule has 4 nitrogen and oxygen atoms in total. The molecule has 3 aromatic rings. The van der Waals surface area contributed by atoms with Crippen LogP contribution in [-0.2, 0) is 6.54 Å². The molecule has 0 atom stereocenters. The SMILES string of the molecule is CN1/C(=C(C#N)\C=C\c2cc[n+](CCO)c3ccccc23)Sc2cc(Cl)ccc21.[Cl-]. The number of nitriles is 1. The number of para-hydroxylation sites is 1. The molecule has 4 rings (SSSR count). The standard InChI is InChI=1S/C23H19ClN3OS.ClH/c1-26-21-9-8-18(24)14-22(21)29-23(26)17(15-25)7-6-16-10-11-27(12-13-28)20-5-3-2-4-19(16)20;/h2-11,14,28H,12-13H2,1H3;1H/q+1;/p-1. The number of rotatable bonds is 4. The molecule has 30 heavy (non-hydrogen) atoms. The van der Waals surface area contributed by atoms with Crippen LogP contribution in [0.3, 0.4) is 0 Å². The van der Waals surface area contributed by atoms with Crippen molar-refractivity contribution < 1.29 is 22.1 Å². The first-order chi connectivity index (χ1) is 14.1. The van der Waals surface area contributed by atoms with E-state index in [1.54, 1.807) is 11.8 Å². The highest BCUT2D eigenvalue weighted by molar-refractivity contribution is 8.03. The topological polar surface area (TPSA) is 51.1 Å². The van der Waals surface area contributed by atoms with Gasteiger partial charge in [0, 0.05) is 29.1 Å². The van der Waals surface area contributed by atoms with Crippen LogP contribution in [0.25, 0.3) is 17.0 Å². The minimum Gasteiger partial charge on any atom is -1.00 e. The van der Waals surface area contributed by atoms with Gasteiger partial charge in [0.25, 0.3) is 0 Å². The van der Waals surface area contributed by atoms with Gasteiger partial charge in [0.05, 0.1) is 21.7 Å². The van der Waals surface area contributed by atoms with Crippen molar-refractivity contribution >= 4 is 46.0 Å². The molecule has 0 saturated carbocycles. The van der Waals surface area contributed by atoms with E-state index in [-0.39, 0.29) is 19.0 Å². The summed E-state index contributed by atoms with van der Waals surface area (Å²) in [6.07, 6.45) is 5.80. The molecule has 0 saturated heterocycles. The normalized spacial score (nSPS) is 14.5. The summed E-state index contributed by atoms with van der Waals surface area (Å²) < 4.78 is 2.03. The Kier molecular flexibility index (Phi) is 7.06. The first-order valence-corrected chi connectivity index (χ1v) is 10.4. The maximum Gasteiger partial charge on any atom is 0.213 e. The van der Waals surface area contributed by atoms with Crippen LogP contribution in [0, 0.1) is 11.3 Å². The molecule has 2 heterocycles. The van der Waals surface area contributed by atoms with Crippen LogP contribution < -0.4 is 21.9 Å². The van der Waals surface area contributed by atoms with E-state index in [0.29, 0.717) is 17.1 Å². The molecule has 0 unspecified atom stereocenters. The monoisotopic (exact) mass is 455 g/mol. The van der Waals surface area contributed by atoms with Crippen LogP contribution in [0.5, 0.6) is 0 Å². The van der Waals surface area contributed by atoms with Crippen molar-refractivity contribution in [1.82, 2.24) is 0 Å². The van der Waals surface area contributed by atoms with Gasteiger partial charge in [0.2, 0.25) is 5.52 Å². The highest BCUT2D eigenvalue weighted by Gasteiger charge is 2.24. The number of allylic oxidation sites excluding steroid dienone is 2. The summed E-state index contributed by atoms with van der Waals surface area (Å²) in [5.41, 5.74) is 3.71. The van der Waals surface area contributed by atoms with E-state index in [9.17, 15) is 10.4 Å². The fraction of sp³-hybridized carbons (Fsp3) is 0.130. The van der Waals surface area contributed by atoms with Crippen LogP contribution in [0.4, 0.5) is 5.69 Å². The second-order valence-electron chi connectivity index (χ2n) is 6.64. The fourth-order valence-corrected chi connectivity index (χ4v) is 4.85. The molecule has 1 N–H and O–H groups in total. The Hall–Kier alpha value is -2.49. The van der Waals surface area contributed by atoms with Crippen molar-refractivity contribution in [2.75, 3.05) is 18.6 Å². The molecular weight excluding hydrogens is 437 g/mol. The first kappa shape index (κ1) is 22.2. The number of anilines is 1. The number of hydrogen-bond donors (Lipinski definition) is 1. The molecule has 0 fully saturated rings. The Morgan fingerprint density at radius 3 is 2.83 bits per heavy atom. The van der Waals surface area contributed by atoms with E-state index < -0.39 is 0 Å². The van der Waals surface area contributed by atoms with Crippen LogP contribution >= 0.6 is 23.4 Å². The summed E-state index contributed by atoms with van der Waals surface area (Å²) in [7, 11) is 1.96. The third-order valence-electron chi connectivity index (χ3n) is 4.87. The lowest BCUT2D eigenvalue weighted by Crippen LogP contribution is -3.00. The lowest BCUT2D eigenvalue weighted by Gasteiger charge is -2.14. The van der Waals surface area contributed by atoms with Gasteiger partial charge in [-0.25, -0.2) is 0 Å². The number of hydrogen-bond acceptors (Lipinski definition) is 4. The van der Waals surface area contributed by atoms with Gasteiger partial charge in [0.15, 0.2) is 12.7 Å². The zero-order valence-corrected chi connectivity index (χ0v) is 18.5. The maximum atomic E-state index is 9.79. The smallest absolute Gasteiger partial charge is 0.213 e. The zero-order valence-electron chi connectivity index (χ0n) is 16.2. The number of thioether (sulfide) groups is 1. The quantitative estimate of drug-likeness (QED) is 0.481. The second-order valence-corrected chi connectivity index (χ2v) is 8.11. The van der Waals surface area contributed by atoms with E-state index >= 15 is 0 Å². The predicted molar refractivity (Wildman–Crippen MR) is 119 cm³/mol. The molecule has 7 heteroatoms. The van der Waals surface area contributed by atoms with E-state index in [1.807, 2.05) is 77.3 Å². The molecule has 1 aromatic heterocycles. The van der Waals surface area contributed by atoms with Gasteiger partial charge in [-0.15, -0.1) is 0 Å². The number of aliphatic hydroxyl groups is 1. The molecule has 0 amide bonds. The van der Waals surface area contributed by atoms with Gasteiger partial charge in [0.1, 0.15) is 12.7 Å². The highest BCUT2D eigenvalue weighted by Crippen LogP contribution is 2.47. The Labute approximate surface area is 191 Å². The third kappa shape index (κ3) is 4.19. The number of benzene rings is 2. The summed E-state index contributed by atoms with van der Waals surface area (Å²) in [6, 6.07) is 18.2. The van der Waals surface area contributed by atoms with Crippen molar-refractivity contribution in [3.63, 3.8) is 0 Å². The second kappa shape index (κ2) is 9.55. The molecule has 0 aliphatic carbocycles. The van der Waals surface area contributed by atoms with Gasteiger partial charge in [-0.2, -0.15) is 9.83 Å². The summed E-state index contributed by atoms with van der Waals surface area (Å²) in [6.45, 7) is 0.628. The lowest BCUT2D eigenvalue weighted by atomic mass is 10.1. The molecule has 0 bridgehead atoms. The van der Waals surface area contributed by atoms with Crippen molar-refractivity contribution in [1.29, 1.82) is 5.26 Å². The summed E-state index contributed by atoms with van der Waals surface area (Å²) in [5.74, 6) is 0. The molecule has 2 aromatic carbocycles. The van der Waals surface area contributed by atoms with Crippen molar-refractivity contribution in [2.45, 2.75) is 11.4 Å². The van der Waals surface area contributed by atoms with Gasteiger partial charge in [-0.3, -0.25) is 0 Å². The van der Waals surface area contributed by atoms with E-state index in [2.05, 4.69) is 12.1 Å². The molecule has 0 radical (unpaired) electrons. The van der Waals surface area contributed by atoms with Crippen LogP contribution in [0.2, 0.25) is 5.02 Å². The average molecular weight is 456 g/mol. The Morgan fingerprint density at radius 1 is 1.27 bits per heavy atom. The van der Waals surface area contributed by atoms with E-state index in [0.717, 1.165) is 32.1 Å². The van der Waals surface area contributed by atoms with E-state index in [4.69, 9.17) is 11.6 Å². The van der Waals surface area contributed by atoms with Gasteiger partial charge < -0.3 is 22.4 Å². The maximum absolute atomic E-state index is 9.79. The fourth-order valence-electron chi connectivity index (χ4n) is 3.45. The van der Waals surface area contributed by atoms with Crippen LogP contribution in [-0.4, -0.2) is 18.8 Å². The summed E-state index contributed by atoms with van der Waals surface area (Å²) >= 11 is 7.67. The zero-order chi connectivity index (χ0) is 20.4. The number of pyridine rings is 1. The Bertz CT molecular complexity index is 1200.